The SMILES string of the molecule is c1ccc(OCCNC[C@@H]2CO[C@H](C(c3ccccc3)c3ccccc3)O2)cc1. The summed E-state index contributed by atoms with van der Waals surface area (Å²) in [4.78, 5) is 0. The summed E-state index contributed by atoms with van der Waals surface area (Å²) < 4.78 is 18.1. The lowest BCUT2D eigenvalue weighted by Gasteiger charge is -2.24. The molecule has 4 nitrogen and oxygen atoms in total. The van der Waals surface area contributed by atoms with Crippen LogP contribution in [0.5, 0.6) is 5.75 Å². The Morgan fingerprint density at radius 3 is 2.03 bits per heavy atom. The number of rotatable bonds is 9. The summed E-state index contributed by atoms with van der Waals surface area (Å²) in [7, 11) is 0. The van der Waals surface area contributed by atoms with Gasteiger partial charge < -0.3 is 19.5 Å². The highest BCUT2D eigenvalue weighted by atomic mass is 16.7. The predicted molar refractivity (Wildman–Crippen MR) is 114 cm³/mol. The molecule has 150 valence electrons. The Kier molecular flexibility index (Phi) is 6.92. The molecular formula is C25H27NO3. The number of hydrogen-bond donors (Lipinski definition) is 1. The van der Waals surface area contributed by atoms with Crippen LogP contribution in [0.1, 0.15) is 17.0 Å². The van der Waals surface area contributed by atoms with E-state index in [4.69, 9.17) is 14.2 Å². The molecule has 0 spiro atoms. The van der Waals surface area contributed by atoms with E-state index in [0.29, 0.717) is 13.2 Å². The molecule has 29 heavy (non-hydrogen) atoms. The van der Waals surface area contributed by atoms with E-state index in [2.05, 4.69) is 53.8 Å². The molecular weight excluding hydrogens is 362 g/mol. The van der Waals surface area contributed by atoms with Gasteiger partial charge in [-0.3, -0.25) is 0 Å². The van der Waals surface area contributed by atoms with Gasteiger partial charge in [0.05, 0.1) is 18.6 Å². The third-order valence-corrected chi connectivity index (χ3v) is 5.03. The Morgan fingerprint density at radius 2 is 1.41 bits per heavy atom. The van der Waals surface area contributed by atoms with Gasteiger partial charge >= 0.3 is 0 Å². The van der Waals surface area contributed by atoms with Crippen molar-refractivity contribution in [3.8, 4) is 5.75 Å². The van der Waals surface area contributed by atoms with E-state index < -0.39 is 0 Å². The normalized spacial score (nSPS) is 18.8. The van der Waals surface area contributed by atoms with Gasteiger partial charge in [0.25, 0.3) is 0 Å². The van der Waals surface area contributed by atoms with Crippen LogP contribution in [-0.4, -0.2) is 38.7 Å². The lowest BCUT2D eigenvalue weighted by Crippen LogP contribution is -2.32. The fraction of sp³-hybridized carbons (Fsp3) is 0.280. The van der Waals surface area contributed by atoms with Gasteiger partial charge in [0.15, 0.2) is 6.29 Å². The Bertz CT molecular complexity index is 802. The van der Waals surface area contributed by atoms with Crippen LogP contribution in [0.4, 0.5) is 0 Å². The Morgan fingerprint density at radius 1 is 0.828 bits per heavy atom. The highest BCUT2D eigenvalue weighted by Gasteiger charge is 2.34. The summed E-state index contributed by atoms with van der Waals surface area (Å²) in [5.41, 5.74) is 2.40. The fourth-order valence-electron chi connectivity index (χ4n) is 3.60. The van der Waals surface area contributed by atoms with Crippen LogP contribution in [0.2, 0.25) is 0 Å². The lowest BCUT2D eigenvalue weighted by atomic mass is 9.91. The summed E-state index contributed by atoms with van der Waals surface area (Å²) >= 11 is 0. The maximum absolute atomic E-state index is 6.27. The van der Waals surface area contributed by atoms with E-state index in [0.717, 1.165) is 18.8 Å². The van der Waals surface area contributed by atoms with Crippen molar-refractivity contribution in [1.29, 1.82) is 0 Å². The van der Waals surface area contributed by atoms with Gasteiger partial charge in [0.1, 0.15) is 12.4 Å². The first-order valence-electron chi connectivity index (χ1n) is 10.2. The smallest absolute Gasteiger partial charge is 0.169 e. The molecule has 0 amide bonds. The van der Waals surface area contributed by atoms with Gasteiger partial charge in [-0.15, -0.1) is 0 Å². The monoisotopic (exact) mass is 389 g/mol. The van der Waals surface area contributed by atoms with Crippen LogP contribution >= 0.6 is 0 Å². The van der Waals surface area contributed by atoms with Crippen molar-refractivity contribution in [2.75, 3.05) is 26.3 Å². The van der Waals surface area contributed by atoms with E-state index in [1.54, 1.807) is 0 Å². The summed E-state index contributed by atoms with van der Waals surface area (Å²) in [6, 6.07) is 30.7. The molecule has 1 N–H and O–H groups in total. The Hall–Kier alpha value is -2.66. The largest absolute Gasteiger partial charge is 0.492 e. The number of ether oxygens (including phenoxy) is 3. The zero-order valence-electron chi connectivity index (χ0n) is 16.4. The first-order chi connectivity index (χ1) is 14.4. The van der Waals surface area contributed by atoms with E-state index in [1.165, 1.54) is 11.1 Å². The van der Waals surface area contributed by atoms with Crippen LogP contribution in [-0.2, 0) is 9.47 Å². The van der Waals surface area contributed by atoms with Crippen LogP contribution < -0.4 is 10.1 Å². The quantitative estimate of drug-likeness (QED) is 0.556. The molecule has 3 aromatic rings. The predicted octanol–water partition coefficient (Wildman–Crippen LogP) is 4.23. The summed E-state index contributed by atoms with van der Waals surface area (Å²) in [6.45, 7) is 2.72. The molecule has 0 aliphatic carbocycles. The summed E-state index contributed by atoms with van der Waals surface area (Å²) in [5.74, 6) is 0.951. The van der Waals surface area contributed by atoms with E-state index >= 15 is 0 Å². The van der Waals surface area contributed by atoms with Crippen molar-refractivity contribution < 1.29 is 14.2 Å². The van der Waals surface area contributed by atoms with Crippen molar-refractivity contribution in [3.63, 3.8) is 0 Å². The average molecular weight is 389 g/mol. The molecule has 2 atom stereocenters. The second kappa shape index (κ2) is 10.2. The van der Waals surface area contributed by atoms with Crippen molar-refractivity contribution >= 4 is 0 Å². The molecule has 0 bridgehead atoms. The van der Waals surface area contributed by atoms with Gasteiger partial charge in [-0.2, -0.15) is 0 Å². The minimum atomic E-state index is -0.285. The first-order valence-corrected chi connectivity index (χ1v) is 10.2. The van der Waals surface area contributed by atoms with Crippen LogP contribution in [0.15, 0.2) is 91.0 Å². The van der Waals surface area contributed by atoms with Crippen LogP contribution in [0, 0.1) is 0 Å². The first kappa shape index (κ1) is 19.6. The molecule has 0 aromatic heterocycles. The molecule has 4 rings (SSSR count). The van der Waals surface area contributed by atoms with Gasteiger partial charge in [-0.25, -0.2) is 0 Å². The van der Waals surface area contributed by atoms with Crippen LogP contribution in [0.25, 0.3) is 0 Å². The number of nitrogens with one attached hydrogen (secondary N) is 1. The highest BCUT2D eigenvalue weighted by molar-refractivity contribution is 5.33. The van der Waals surface area contributed by atoms with Gasteiger partial charge in [0.2, 0.25) is 0 Å². The van der Waals surface area contributed by atoms with E-state index in [1.807, 2.05) is 42.5 Å². The molecule has 4 heteroatoms. The molecule has 0 unspecified atom stereocenters. The molecule has 1 aliphatic rings. The maximum atomic E-state index is 6.27. The summed E-state index contributed by atoms with van der Waals surface area (Å²) in [5, 5.41) is 3.41. The van der Waals surface area contributed by atoms with Crippen molar-refractivity contribution in [3.05, 3.63) is 102 Å². The summed E-state index contributed by atoms with van der Waals surface area (Å²) in [6.07, 6.45) is -0.251. The van der Waals surface area contributed by atoms with Gasteiger partial charge in [0, 0.05) is 13.1 Å². The van der Waals surface area contributed by atoms with Gasteiger partial charge in [-0.05, 0) is 23.3 Å². The second-order valence-corrected chi connectivity index (χ2v) is 7.12. The number of para-hydroxylation sites is 1. The topological polar surface area (TPSA) is 39.7 Å². The molecule has 3 aromatic carbocycles. The standard InChI is InChI=1S/C25H27NO3/c1-4-10-20(11-5-1)24(21-12-6-2-7-13-21)25-28-19-23(29-25)18-26-16-17-27-22-14-8-3-9-15-22/h1-15,23-26H,16-19H2/t23-,25+/m1/s1. The third kappa shape index (κ3) is 5.45. The molecule has 1 heterocycles. The van der Waals surface area contributed by atoms with E-state index in [9.17, 15) is 0 Å². The number of benzene rings is 3. The lowest BCUT2D eigenvalue weighted by molar-refractivity contribution is -0.0669. The third-order valence-electron chi connectivity index (χ3n) is 5.03. The van der Waals surface area contributed by atoms with Crippen molar-refractivity contribution in [2.24, 2.45) is 0 Å². The zero-order valence-corrected chi connectivity index (χ0v) is 16.4. The maximum Gasteiger partial charge on any atom is 0.169 e. The molecule has 1 fully saturated rings. The van der Waals surface area contributed by atoms with Gasteiger partial charge in [-0.1, -0.05) is 78.9 Å². The van der Waals surface area contributed by atoms with Crippen LogP contribution in [0.3, 0.4) is 0 Å². The zero-order chi connectivity index (χ0) is 19.7. The molecule has 1 aliphatic heterocycles. The second-order valence-electron chi connectivity index (χ2n) is 7.12. The fourth-order valence-corrected chi connectivity index (χ4v) is 3.60. The van der Waals surface area contributed by atoms with Crippen molar-refractivity contribution in [2.45, 2.75) is 18.3 Å². The minimum absolute atomic E-state index is 0.0339. The molecule has 0 saturated carbocycles. The Labute approximate surface area is 172 Å². The Balaban J connectivity index is 1.29. The average Bonchev–Trinajstić information content (AvgIpc) is 3.24. The minimum Gasteiger partial charge on any atom is -0.492 e. The number of hydrogen-bond acceptors (Lipinski definition) is 4. The van der Waals surface area contributed by atoms with E-state index in [-0.39, 0.29) is 18.3 Å². The molecule has 0 radical (unpaired) electrons. The van der Waals surface area contributed by atoms with Crippen molar-refractivity contribution in [1.82, 2.24) is 5.32 Å². The molecule has 1 saturated heterocycles. The highest BCUT2D eigenvalue weighted by Crippen LogP contribution is 2.33.